The van der Waals surface area contributed by atoms with Gasteiger partial charge < -0.3 is 15.2 Å². The summed E-state index contributed by atoms with van der Waals surface area (Å²) in [5, 5.41) is 29.6. The van der Waals surface area contributed by atoms with Crippen LogP contribution in [0.15, 0.2) is 17.3 Å². The Kier molecular flexibility index (Phi) is 4.69. The molecular formula is C13H15BFNO5. The topological polar surface area (TPSA) is 107 Å². The number of hydrogen-bond acceptors (Lipinski definition) is 5. The molecule has 0 saturated carbocycles. The smallest absolute Gasteiger partial charge is 0.451 e. The molecule has 0 aromatic heterocycles. The highest BCUT2D eigenvalue weighted by Gasteiger charge is 2.38. The predicted octanol–water partition coefficient (Wildman–Crippen LogP) is 1.82. The quantitative estimate of drug-likeness (QED) is 0.548. The molecule has 3 N–H and O–H groups in total. The highest BCUT2D eigenvalue weighted by atomic mass is 19.1. The molecule has 1 aromatic carbocycles. The molecular weight excluding hydrogens is 280 g/mol. The van der Waals surface area contributed by atoms with Crippen LogP contribution >= 0.6 is 0 Å². The third kappa shape index (κ3) is 3.28. The van der Waals surface area contributed by atoms with Crippen LogP contribution in [0.25, 0.3) is 0 Å². The van der Waals surface area contributed by atoms with Crippen LogP contribution in [0.5, 0.6) is 0 Å². The first-order valence-corrected chi connectivity index (χ1v) is 6.68. The highest BCUT2D eigenvalue weighted by molar-refractivity contribution is 6.40. The van der Waals surface area contributed by atoms with Gasteiger partial charge in [0.15, 0.2) is 5.82 Å². The van der Waals surface area contributed by atoms with Gasteiger partial charge in [-0.2, -0.15) is 0 Å². The average molecular weight is 295 g/mol. The van der Waals surface area contributed by atoms with Gasteiger partial charge in [0.25, 0.3) is 0 Å². The van der Waals surface area contributed by atoms with Crippen molar-refractivity contribution >= 4 is 18.8 Å². The van der Waals surface area contributed by atoms with E-state index in [4.69, 9.17) is 10.0 Å². The number of benzene rings is 1. The van der Waals surface area contributed by atoms with Gasteiger partial charge in [-0.1, -0.05) is 6.42 Å². The molecule has 0 heterocycles. The molecule has 0 bridgehead atoms. The second-order valence-corrected chi connectivity index (χ2v) is 5.29. The number of carboxylic acid groups (broad SMARTS) is 1. The predicted molar refractivity (Wildman–Crippen MR) is 73.7 cm³/mol. The lowest BCUT2D eigenvalue weighted by Gasteiger charge is -2.16. The molecule has 8 heteroatoms. The van der Waals surface area contributed by atoms with Gasteiger partial charge in [0.05, 0.1) is 5.92 Å². The van der Waals surface area contributed by atoms with E-state index in [-0.39, 0.29) is 17.9 Å². The summed E-state index contributed by atoms with van der Waals surface area (Å²) in [6.07, 6.45) is 1.49. The molecule has 1 aliphatic rings. The molecule has 21 heavy (non-hydrogen) atoms. The van der Waals surface area contributed by atoms with Gasteiger partial charge in [0, 0.05) is 0 Å². The van der Waals surface area contributed by atoms with Crippen LogP contribution in [-0.4, -0.2) is 28.2 Å². The lowest BCUT2D eigenvalue weighted by Crippen LogP contribution is -2.18. The highest BCUT2D eigenvalue weighted by Crippen LogP contribution is 2.43. The summed E-state index contributed by atoms with van der Waals surface area (Å²) >= 11 is 0. The zero-order chi connectivity index (χ0) is 15.6. The summed E-state index contributed by atoms with van der Waals surface area (Å²) in [4.78, 5) is 22.0. The van der Waals surface area contributed by atoms with Crippen LogP contribution in [-0.2, 0) is 11.2 Å². The summed E-state index contributed by atoms with van der Waals surface area (Å²) in [5.74, 6) is -2.86. The van der Waals surface area contributed by atoms with E-state index in [9.17, 15) is 19.2 Å². The number of nitroso groups, excluding NO2 is 1. The Labute approximate surface area is 120 Å². The zero-order valence-corrected chi connectivity index (χ0v) is 11.2. The van der Waals surface area contributed by atoms with Crippen molar-refractivity contribution in [2.75, 3.05) is 0 Å². The summed E-state index contributed by atoms with van der Waals surface area (Å²) < 4.78 is 13.6. The number of halogens is 1. The van der Waals surface area contributed by atoms with Gasteiger partial charge in [0.1, 0.15) is 5.69 Å². The molecule has 0 fully saturated rings. The molecule has 0 aliphatic heterocycles. The molecule has 112 valence electrons. The van der Waals surface area contributed by atoms with Crippen molar-refractivity contribution in [3.63, 3.8) is 0 Å². The molecule has 0 unspecified atom stereocenters. The lowest BCUT2D eigenvalue weighted by atomic mass is 9.80. The minimum atomic E-state index is -1.42. The normalized spacial score (nSPS) is 20.1. The number of hydrogen-bond donors (Lipinski definition) is 3. The zero-order valence-electron chi connectivity index (χ0n) is 11.2. The second-order valence-electron chi connectivity index (χ2n) is 5.29. The number of rotatable bonds is 6. The Bertz CT molecular complexity index is 566. The monoisotopic (exact) mass is 295 g/mol. The van der Waals surface area contributed by atoms with Crippen molar-refractivity contribution in [1.82, 2.24) is 0 Å². The first kappa shape index (κ1) is 15.6. The SMILES string of the molecule is O=Nc1cc2c(cc1F)C[C@H](CCCB(O)O)[C@@H]2C(=O)O. The van der Waals surface area contributed by atoms with Crippen LogP contribution < -0.4 is 0 Å². The Hall–Kier alpha value is -1.80. The van der Waals surface area contributed by atoms with Crippen LogP contribution in [0.3, 0.4) is 0 Å². The molecule has 0 saturated heterocycles. The summed E-state index contributed by atoms with van der Waals surface area (Å²) in [6.45, 7) is 0. The molecule has 0 amide bonds. The number of carboxylic acids is 1. The molecule has 0 radical (unpaired) electrons. The Morgan fingerprint density at radius 3 is 2.71 bits per heavy atom. The number of fused-ring (bicyclic) bond motifs is 1. The van der Waals surface area contributed by atoms with Gasteiger partial charge in [-0.05, 0) is 53.5 Å². The van der Waals surface area contributed by atoms with E-state index in [1.807, 2.05) is 0 Å². The lowest BCUT2D eigenvalue weighted by molar-refractivity contribution is -0.139. The van der Waals surface area contributed by atoms with Crippen molar-refractivity contribution in [2.45, 2.75) is 31.5 Å². The van der Waals surface area contributed by atoms with Crippen LogP contribution in [0.2, 0.25) is 6.32 Å². The summed E-state index contributed by atoms with van der Waals surface area (Å²) in [6, 6.07) is 2.38. The third-order valence-corrected chi connectivity index (χ3v) is 3.90. The Balaban J connectivity index is 2.23. The van der Waals surface area contributed by atoms with E-state index in [1.165, 1.54) is 12.1 Å². The Morgan fingerprint density at radius 2 is 2.14 bits per heavy atom. The second kappa shape index (κ2) is 6.32. The van der Waals surface area contributed by atoms with E-state index in [0.29, 0.717) is 30.4 Å². The molecule has 1 aromatic rings. The summed E-state index contributed by atoms with van der Waals surface area (Å²) in [5.41, 5.74) is 0.612. The van der Waals surface area contributed by atoms with Crippen LogP contribution in [0.1, 0.15) is 29.9 Å². The van der Waals surface area contributed by atoms with Crippen molar-refractivity contribution in [3.05, 3.63) is 34.0 Å². The van der Waals surface area contributed by atoms with Gasteiger partial charge >= 0.3 is 13.1 Å². The fraction of sp³-hybridized carbons (Fsp3) is 0.462. The van der Waals surface area contributed by atoms with Crippen molar-refractivity contribution in [1.29, 1.82) is 0 Å². The van der Waals surface area contributed by atoms with E-state index >= 15 is 0 Å². The fourth-order valence-corrected chi connectivity index (χ4v) is 2.98. The molecule has 0 spiro atoms. The van der Waals surface area contributed by atoms with Gasteiger partial charge in [-0.3, -0.25) is 4.79 Å². The maximum atomic E-state index is 13.6. The van der Waals surface area contributed by atoms with E-state index in [1.54, 1.807) is 0 Å². The van der Waals surface area contributed by atoms with Gasteiger partial charge in [-0.25, -0.2) is 4.39 Å². The number of nitrogens with zero attached hydrogens (tertiary/aromatic N) is 1. The molecule has 6 nitrogen and oxygen atoms in total. The van der Waals surface area contributed by atoms with Crippen LogP contribution in [0.4, 0.5) is 10.1 Å². The van der Waals surface area contributed by atoms with E-state index < -0.39 is 24.8 Å². The average Bonchev–Trinajstić information content (AvgIpc) is 2.74. The van der Waals surface area contributed by atoms with E-state index in [2.05, 4.69) is 5.18 Å². The standard InChI is InChI=1S/C13H15BFNO5/c15-10-5-8-4-7(2-1-3-14(19)20)12(13(17)18)9(8)6-11(10)16-21/h5-7,12,19-20H,1-4H2,(H,17,18)/t7-,12-/m0/s1. The van der Waals surface area contributed by atoms with Crippen molar-refractivity contribution in [2.24, 2.45) is 11.1 Å². The first-order valence-electron chi connectivity index (χ1n) is 6.68. The maximum Gasteiger partial charge on any atom is 0.451 e. The molecule has 2 rings (SSSR count). The largest absolute Gasteiger partial charge is 0.481 e. The van der Waals surface area contributed by atoms with E-state index in [0.717, 1.165) is 0 Å². The van der Waals surface area contributed by atoms with Crippen molar-refractivity contribution < 1.29 is 24.3 Å². The first-order chi connectivity index (χ1) is 9.93. The molecule has 2 atom stereocenters. The number of carbonyl (C=O) groups is 1. The number of aliphatic carboxylic acids is 1. The van der Waals surface area contributed by atoms with Crippen molar-refractivity contribution in [3.8, 4) is 0 Å². The third-order valence-electron chi connectivity index (χ3n) is 3.90. The maximum absolute atomic E-state index is 13.6. The minimum absolute atomic E-state index is 0.161. The Morgan fingerprint density at radius 1 is 1.43 bits per heavy atom. The van der Waals surface area contributed by atoms with Gasteiger partial charge in [-0.15, -0.1) is 4.91 Å². The molecule has 1 aliphatic carbocycles. The fourth-order valence-electron chi connectivity index (χ4n) is 2.98. The summed E-state index contributed by atoms with van der Waals surface area (Å²) in [7, 11) is -1.42. The minimum Gasteiger partial charge on any atom is -0.481 e. The van der Waals surface area contributed by atoms with Crippen LogP contribution in [0, 0.1) is 16.6 Å². The van der Waals surface area contributed by atoms with Gasteiger partial charge in [0.2, 0.25) is 0 Å².